The minimum absolute atomic E-state index is 0.160. The molecule has 1 aliphatic heterocycles. The van der Waals surface area contributed by atoms with Crippen molar-refractivity contribution in [1.29, 1.82) is 0 Å². The summed E-state index contributed by atoms with van der Waals surface area (Å²) in [6.07, 6.45) is 0.440. The lowest BCUT2D eigenvalue weighted by molar-refractivity contribution is -0.152. The van der Waals surface area contributed by atoms with Gasteiger partial charge in [-0.3, -0.25) is 4.79 Å². The van der Waals surface area contributed by atoms with E-state index in [0.717, 1.165) is 11.1 Å². The Bertz CT molecular complexity index is 1420. The number of hydrogen-bond donors (Lipinski definition) is 1. The van der Waals surface area contributed by atoms with Gasteiger partial charge >= 0.3 is 17.9 Å². The average Bonchev–Trinajstić information content (AvgIpc) is 3.37. The summed E-state index contributed by atoms with van der Waals surface area (Å²) in [5, 5.41) is 3.90. The molecule has 0 amide bonds. The summed E-state index contributed by atoms with van der Waals surface area (Å²) in [6, 6.07) is 19.3. The van der Waals surface area contributed by atoms with Crippen molar-refractivity contribution in [3.8, 4) is 0 Å². The summed E-state index contributed by atoms with van der Waals surface area (Å²) < 4.78 is 16.5. The molecule has 0 fully saturated rings. The number of nitrogens with zero attached hydrogens (tertiary/aromatic N) is 1. The maximum atomic E-state index is 13.9. The average molecular weight is 577 g/mol. The van der Waals surface area contributed by atoms with E-state index in [0.29, 0.717) is 22.0 Å². The largest absolute Gasteiger partial charge is 0.466 e. The van der Waals surface area contributed by atoms with E-state index in [9.17, 15) is 14.4 Å². The van der Waals surface area contributed by atoms with E-state index in [2.05, 4.69) is 5.32 Å². The zero-order valence-electron chi connectivity index (χ0n) is 24.1. The fourth-order valence-electron chi connectivity index (χ4n) is 5.43. The molecule has 4 rings (SSSR count). The third-order valence-corrected chi connectivity index (χ3v) is 8.32. The van der Waals surface area contributed by atoms with Crippen LogP contribution < -0.4 is 5.32 Å². The highest BCUT2D eigenvalue weighted by atomic mass is 32.1. The molecule has 41 heavy (non-hydrogen) atoms. The Morgan fingerprint density at radius 3 is 2.07 bits per heavy atom. The number of aromatic nitrogens is 1. The van der Waals surface area contributed by atoms with Crippen LogP contribution in [0.25, 0.3) is 0 Å². The molecule has 1 N–H and O–H groups in total. The lowest BCUT2D eigenvalue weighted by atomic mass is 9.67. The van der Waals surface area contributed by atoms with Gasteiger partial charge in [-0.25, -0.2) is 14.6 Å². The molecule has 0 spiro atoms. The number of nitrogens with one attached hydrogen (secondary N) is 1. The Morgan fingerprint density at radius 1 is 0.878 bits per heavy atom. The molecule has 1 aromatic heterocycles. The van der Waals surface area contributed by atoms with Gasteiger partial charge in [0, 0.05) is 17.0 Å². The van der Waals surface area contributed by atoms with Gasteiger partial charge in [0.1, 0.15) is 5.01 Å². The summed E-state index contributed by atoms with van der Waals surface area (Å²) in [4.78, 5) is 46.0. The topological polar surface area (TPSA) is 104 Å². The van der Waals surface area contributed by atoms with Crippen molar-refractivity contribution in [1.82, 2.24) is 10.3 Å². The zero-order chi connectivity index (χ0) is 29.6. The van der Waals surface area contributed by atoms with Crippen molar-refractivity contribution in [2.24, 2.45) is 5.92 Å². The van der Waals surface area contributed by atoms with E-state index in [4.69, 9.17) is 19.2 Å². The fourth-order valence-corrected chi connectivity index (χ4v) is 6.66. The first-order chi connectivity index (χ1) is 19.7. The second kappa shape index (κ2) is 13.1. The number of hydrogen-bond acceptors (Lipinski definition) is 9. The minimum atomic E-state index is -0.965. The molecule has 216 valence electrons. The van der Waals surface area contributed by atoms with Crippen molar-refractivity contribution < 1.29 is 28.6 Å². The second-order valence-corrected chi connectivity index (χ2v) is 11.0. The highest BCUT2D eigenvalue weighted by Crippen LogP contribution is 2.50. The Balaban J connectivity index is 1.97. The molecule has 9 heteroatoms. The quantitative estimate of drug-likeness (QED) is 0.248. The number of allylic oxidation sites excluding steroid dienone is 1. The van der Waals surface area contributed by atoms with Gasteiger partial charge in [-0.05, 0) is 45.7 Å². The predicted molar refractivity (Wildman–Crippen MR) is 156 cm³/mol. The Kier molecular flexibility index (Phi) is 9.60. The van der Waals surface area contributed by atoms with Crippen LogP contribution in [0.4, 0.5) is 0 Å². The van der Waals surface area contributed by atoms with E-state index < -0.39 is 35.3 Å². The van der Waals surface area contributed by atoms with Gasteiger partial charge in [-0.2, -0.15) is 0 Å². The van der Waals surface area contributed by atoms with Crippen LogP contribution in [0, 0.1) is 5.92 Å². The van der Waals surface area contributed by atoms with Crippen molar-refractivity contribution in [3.63, 3.8) is 0 Å². The highest BCUT2D eigenvalue weighted by molar-refractivity contribution is 7.12. The van der Waals surface area contributed by atoms with Crippen LogP contribution in [0.3, 0.4) is 0 Å². The van der Waals surface area contributed by atoms with Gasteiger partial charge in [0.25, 0.3) is 0 Å². The molecule has 0 aliphatic carbocycles. The van der Waals surface area contributed by atoms with Gasteiger partial charge in [-0.1, -0.05) is 60.7 Å². The molecule has 3 atom stereocenters. The molecule has 8 nitrogen and oxygen atoms in total. The molecule has 2 aromatic carbocycles. The Labute approximate surface area is 244 Å². The van der Waals surface area contributed by atoms with E-state index in [1.54, 1.807) is 27.7 Å². The lowest BCUT2D eigenvalue weighted by Gasteiger charge is -2.46. The molecule has 1 aliphatic rings. The van der Waals surface area contributed by atoms with Crippen LogP contribution >= 0.6 is 11.3 Å². The number of benzene rings is 2. The van der Waals surface area contributed by atoms with Crippen LogP contribution in [-0.2, 0) is 35.8 Å². The summed E-state index contributed by atoms with van der Waals surface area (Å²) in [5.74, 6) is -3.33. The van der Waals surface area contributed by atoms with E-state index >= 15 is 0 Å². The summed E-state index contributed by atoms with van der Waals surface area (Å²) >= 11 is 1.30. The molecule has 3 aromatic rings. The molecule has 0 saturated carbocycles. The zero-order valence-corrected chi connectivity index (χ0v) is 24.9. The normalized spacial score (nSPS) is 20.2. The highest BCUT2D eigenvalue weighted by Gasteiger charge is 2.54. The minimum Gasteiger partial charge on any atom is -0.466 e. The monoisotopic (exact) mass is 576 g/mol. The lowest BCUT2D eigenvalue weighted by Crippen LogP contribution is -2.55. The van der Waals surface area contributed by atoms with Crippen LogP contribution in [0.5, 0.6) is 0 Å². The third kappa shape index (κ3) is 6.20. The molecule has 0 bridgehead atoms. The van der Waals surface area contributed by atoms with Crippen LogP contribution in [0.2, 0.25) is 0 Å². The third-order valence-electron chi connectivity index (χ3n) is 7.18. The fraction of sp³-hybridized carbons (Fsp3) is 0.375. The number of esters is 3. The van der Waals surface area contributed by atoms with Gasteiger partial charge in [0.15, 0.2) is 5.69 Å². The number of carbonyl (C=O) groups is 3. The first-order valence-electron chi connectivity index (χ1n) is 13.8. The number of ether oxygens (including phenoxy) is 3. The SMILES string of the molecule is CCOC(=O)C1=C(C)NC(C)(c2ccccc2)C(C(=O)OCC)C1c1nc(C(=O)OCC)c(Cc2ccccc2)s1. The number of thiazole rings is 1. The second-order valence-electron chi connectivity index (χ2n) is 9.87. The van der Waals surface area contributed by atoms with Crippen LogP contribution in [0.15, 0.2) is 71.9 Å². The van der Waals surface area contributed by atoms with Crippen LogP contribution in [-0.4, -0.2) is 42.7 Å². The number of carbonyl (C=O) groups excluding carboxylic acids is 3. The first kappa shape index (κ1) is 30.0. The molecule has 0 saturated heterocycles. The van der Waals surface area contributed by atoms with Gasteiger partial charge in [-0.15, -0.1) is 11.3 Å². The smallest absolute Gasteiger partial charge is 0.358 e. The molecule has 2 heterocycles. The Hall–Kier alpha value is -3.98. The molecular formula is C32H36N2O6S. The standard InChI is InChI=1S/C32H36N2O6S/c1-6-38-29(35)24-20(4)34-32(5,22-17-13-10-14-18-22)26(30(36)39-7-2)25(24)28-33-27(31(37)40-8-3)23(41-28)19-21-15-11-9-12-16-21/h9-18,25-26,34H,6-8,19H2,1-5H3. The van der Waals surface area contributed by atoms with Crippen molar-refractivity contribution >= 4 is 29.2 Å². The maximum absolute atomic E-state index is 13.9. The summed E-state index contributed by atoms with van der Waals surface area (Å²) in [6.45, 7) is 9.45. The first-order valence-corrected chi connectivity index (χ1v) is 14.7. The van der Waals surface area contributed by atoms with E-state index in [-0.39, 0.29) is 31.1 Å². The van der Waals surface area contributed by atoms with Gasteiger partial charge < -0.3 is 19.5 Å². The van der Waals surface area contributed by atoms with E-state index in [1.807, 2.05) is 67.6 Å². The van der Waals surface area contributed by atoms with E-state index in [1.165, 1.54) is 11.3 Å². The van der Waals surface area contributed by atoms with Crippen LogP contribution in [0.1, 0.15) is 72.0 Å². The van der Waals surface area contributed by atoms with Gasteiger partial charge in [0.05, 0.1) is 42.8 Å². The summed E-state index contributed by atoms with van der Waals surface area (Å²) in [5.41, 5.74) is 1.91. The van der Waals surface area contributed by atoms with Crippen molar-refractivity contribution in [2.45, 2.75) is 52.5 Å². The van der Waals surface area contributed by atoms with Crippen molar-refractivity contribution in [3.05, 3.63) is 98.6 Å². The molecular weight excluding hydrogens is 540 g/mol. The maximum Gasteiger partial charge on any atom is 0.358 e. The Morgan fingerprint density at radius 2 is 1.46 bits per heavy atom. The number of rotatable bonds is 10. The molecule has 0 radical (unpaired) electrons. The predicted octanol–water partition coefficient (Wildman–Crippen LogP) is 5.53. The van der Waals surface area contributed by atoms with Gasteiger partial charge in [0.2, 0.25) is 0 Å². The summed E-state index contributed by atoms with van der Waals surface area (Å²) in [7, 11) is 0. The molecule has 3 unspecified atom stereocenters. The van der Waals surface area contributed by atoms with Crippen molar-refractivity contribution in [2.75, 3.05) is 19.8 Å².